The molecule has 0 fully saturated rings. The highest BCUT2D eigenvalue weighted by Gasteiger charge is 2.21. The monoisotopic (exact) mass is 408 g/mol. The van der Waals surface area contributed by atoms with Crippen LogP contribution in [0.15, 0.2) is 42.7 Å². The largest absolute Gasteiger partial charge is 0.443 e. The number of rotatable bonds is 1. The molecule has 0 spiro atoms. The number of fused-ring (bicyclic) bond motifs is 1. The Balaban J connectivity index is 0.00000101. The lowest BCUT2D eigenvalue weighted by Gasteiger charge is -2.21. The number of nitrogens with zero attached hydrogens (tertiary/aromatic N) is 2. The van der Waals surface area contributed by atoms with Crippen LogP contribution >= 0.6 is 0 Å². The predicted octanol–water partition coefficient (Wildman–Crippen LogP) is 5.51. The Morgan fingerprint density at radius 2 is 1.67 bits per heavy atom. The number of aryl methyl sites for hydroxylation is 1. The predicted molar refractivity (Wildman–Crippen MR) is 115 cm³/mol. The number of aromatic nitrogens is 2. The van der Waals surface area contributed by atoms with E-state index in [0.717, 1.165) is 27.7 Å². The van der Waals surface area contributed by atoms with E-state index >= 15 is 0 Å². The van der Waals surface area contributed by atoms with Crippen LogP contribution in [0.2, 0.25) is 0 Å². The molecule has 0 saturated carbocycles. The summed E-state index contributed by atoms with van der Waals surface area (Å²) in [5.41, 5.74) is 4.65. The Bertz CT molecular complexity index is 1090. The van der Waals surface area contributed by atoms with Crippen molar-refractivity contribution in [1.82, 2.24) is 9.55 Å². The Hall–Kier alpha value is -3.24. The van der Waals surface area contributed by atoms with Crippen molar-refractivity contribution >= 4 is 23.1 Å². The molecule has 6 heteroatoms. The summed E-state index contributed by atoms with van der Waals surface area (Å²) in [5.74, 6) is 0. The first kappa shape index (κ1) is 23.0. The van der Waals surface area contributed by atoms with Crippen molar-refractivity contribution in [2.75, 3.05) is 0 Å². The van der Waals surface area contributed by atoms with E-state index in [2.05, 4.69) is 37.9 Å². The summed E-state index contributed by atoms with van der Waals surface area (Å²) < 4.78 is 7.10. The fraction of sp³-hybridized carbons (Fsp3) is 0.375. The van der Waals surface area contributed by atoms with Gasteiger partial charge in [0.05, 0.1) is 5.52 Å². The fourth-order valence-electron chi connectivity index (χ4n) is 3.09. The first-order valence-corrected chi connectivity index (χ1v) is 9.69. The molecule has 0 amide bonds. The Kier molecular flexibility index (Phi) is 6.63. The van der Waals surface area contributed by atoms with Crippen LogP contribution in [0, 0.1) is 6.92 Å². The normalized spacial score (nSPS) is 11.4. The molecule has 0 aliphatic carbocycles. The SMILES string of the molecule is Cc1ncc(C(C)(C)C)cc1-c1cccc2c1ccn2C(=O)OC(C)(C)C.O=C=O. The zero-order chi connectivity index (χ0) is 22.7. The molecule has 0 aliphatic rings. The quantitative estimate of drug-likeness (QED) is 0.530. The number of hydrogen-bond donors (Lipinski definition) is 0. The second-order valence-corrected chi connectivity index (χ2v) is 9.09. The molecule has 0 bridgehead atoms. The van der Waals surface area contributed by atoms with Gasteiger partial charge in [-0.2, -0.15) is 9.59 Å². The molecule has 30 heavy (non-hydrogen) atoms. The van der Waals surface area contributed by atoms with E-state index in [0.29, 0.717) is 0 Å². The zero-order valence-electron chi connectivity index (χ0n) is 18.6. The smallest absolute Gasteiger partial charge is 0.418 e. The number of ether oxygens (including phenoxy) is 1. The van der Waals surface area contributed by atoms with E-state index in [1.165, 1.54) is 5.56 Å². The van der Waals surface area contributed by atoms with Gasteiger partial charge >= 0.3 is 12.2 Å². The molecule has 3 rings (SSSR count). The third-order valence-electron chi connectivity index (χ3n) is 4.57. The van der Waals surface area contributed by atoms with E-state index in [1.54, 1.807) is 10.8 Å². The Morgan fingerprint density at radius 1 is 1.03 bits per heavy atom. The summed E-state index contributed by atoms with van der Waals surface area (Å²) in [7, 11) is 0. The van der Waals surface area contributed by atoms with Gasteiger partial charge in [0.2, 0.25) is 0 Å². The summed E-state index contributed by atoms with van der Waals surface area (Å²) in [4.78, 5) is 33.4. The van der Waals surface area contributed by atoms with Crippen LogP contribution in [0.3, 0.4) is 0 Å². The molecule has 0 unspecified atom stereocenters. The highest BCUT2D eigenvalue weighted by molar-refractivity contribution is 5.99. The van der Waals surface area contributed by atoms with Gasteiger partial charge in [0.1, 0.15) is 5.60 Å². The van der Waals surface area contributed by atoms with Crippen molar-refractivity contribution in [2.45, 2.75) is 59.5 Å². The summed E-state index contributed by atoms with van der Waals surface area (Å²) in [5, 5.41) is 1.01. The molecule has 2 aromatic heterocycles. The van der Waals surface area contributed by atoms with Gasteiger partial charge in [-0.25, -0.2) is 4.79 Å². The van der Waals surface area contributed by atoms with E-state index < -0.39 is 5.60 Å². The molecule has 158 valence electrons. The van der Waals surface area contributed by atoms with Crippen molar-refractivity contribution in [3.05, 3.63) is 54.0 Å². The van der Waals surface area contributed by atoms with Gasteiger partial charge in [-0.05, 0) is 62.4 Å². The van der Waals surface area contributed by atoms with Gasteiger partial charge in [-0.3, -0.25) is 9.55 Å². The Morgan fingerprint density at radius 3 is 2.23 bits per heavy atom. The van der Waals surface area contributed by atoms with Gasteiger partial charge < -0.3 is 4.74 Å². The molecule has 3 aromatic rings. The first-order valence-electron chi connectivity index (χ1n) is 9.69. The summed E-state index contributed by atoms with van der Waals surface area (Å²) in [6.45, 7) is 14.2. The summed E-state index contributed by atoms with van der Waals surface area (Å²) in [6.07, 6.45) is 3.61. The van der Waals surface area contributed by atoms with Gasteiger partial charge in [-0.1, -0.05) is 32.9 Å². The Labute approximate surface area is 176 Å². The average Bonchev–Trinajstić information content (AvgIpc) is 3.05. The van der Waals surface area contributed by atoms with Crippen LogP contribution in [0.5, 0.6) is 0 Å². The van der Waals surface area contributed by atoms with Gasteiger partial charge in [-0.15, -0.1) is 0 Å². The molecule has 0 N–H and O–H groups in total. The van der Waals surface area contributed by atoms with Crippen molar-refractivity contribution < 1.29 is 19.1 Å². The maximum atomic E-state index is 12.6. The molecule has 6 nitrogen and oxygen atoms in total. The van der Waals surface area contributed by atoms with E-state index in [1.807, 2.05) is 52.1 Å². The van der Waals surface area contributed by atoms with E-state index in [9.17, 15) is 4.79 Å². The third kappa shape index (κ3) is 5.22. The number of carbonyl (C=O) groups excluding carboxylic acids is 3. The lowest BCUT2D eigenvalue weighted by atomic mass is 9.86. The summed E-state index contributed by atoms with van der Waals surface area (Å²) >= 11 is 0. The van der Waals surface area contributed by atoms with Crippen molar-refractivity contribution in [1.29, 1.82) is 0 Å². The lowest BCUT2D eigenvalue weighted by molar-refractivity contribution is -0.191. The zero-order valence-corrected chi connectivity index (χ0v) is 18.6. The second-order valence-electron chi connectivity index (χ2n) is 9.09. The van der Waals surface area contributed by atoms with Crippen LogP contribution in [-0.2, 0) is 19.7 Å². The molecule has 2 heterocycles. The molecule has 1 aromatic carbocycles. The number of pyridine rings is 1. The number of carbonyl (C=O) groups is 1. The fourth-order valence-corrected chi connectivity index (χ4v) is 3.09. The maximum absolute atomic E-state index is 12.6. The van der Waals surface area contributed by atoms with E-state index in [4.69, 9.17) is 14.3 Å². The third-order valence-corrected chi connectivity index (χ3v) is 4.57. The minimum Gasteiger partial charge on any atom is -0.443 e. The summed E-state index contributed by atoms with van der Waals surface area (Å²) in [6, 6.07) is 10.2. The highest BCUT2D eigenvalue weighted by atomic mass is 16.6. The van der Waals surface area contributed by atoms with Crippen LogP contribution < -0.4 is 0 Å². The number of benzene rings is 1. The van der Waals surface area contributed by atoms with Crippen LogP contribution in [0.4, 0.5) is 4.79 Å². The van der Waals surface area contributed by atoms with Crippen LogP contribution in [0.1, 0.15) is 52.8 Å². The molecule has 0 aliphatic heterocycles. The van der Waals surface area contributed by atoms with E-state index in [-0.39, 0.29) is 17.7 Å². The molecule has 0 saturated heterocycles. The lowest BCUT2D eigenvalue weighted by Crippen LogP contribution is -2.26. The number of hydrogen-bond acceptors (Lipinski definition) is 5. The topological polar surface area (TPSA) is 78.3 Å². The maximum Gasteiger partial charge on any atom is 0.418 e. The van der Waals surface area contributed by atoms with Crippen molar-refractivity contribution in [2.24, 2.45) is 0 Å². The molecule has 0 radical (unpaired) electrons. The molecular weight excluding hydrogens is 380 g/mol. The van der Waals surface area contributed by atoms with Crippen molar-refractivity contribution in [3.8, 4) is 11.1 Å². The van der Waals surface area contributed by atoms with Crippen molar-refractivity contribution in [3.63, 3.8) is 0 Å². The van der Waals surface area contributed by atoms with Gasteiger partial charge in [0.15, 0.2) is 0 Å². The minimum absolute atomic E-state index is 0.0196. The minimum atomic E-state index is -0.535. The van der Waals surface area contributed by atoms with Gasteiger partial charge in [0, 0.05) is 29.0 Å². The first-order chi connectivity index (χ1) is 13.9. The van der Waals surface area contributed by atoms with Crippen LogP contribution in [-0.4, -0.2) is 27.4 Å². The van der Waals surface area contributed by atoms with Crippen LogP contribution in [0.25, 0.3) is 22.0 Å². The standard InChI is InChI=1S/C23H28N2O2.CO2/c1-15-19(13-16(14-24-15)22(2,3)4)17-9-8-10-20-18(17)11-12-25(20)21(26)27-23(5,6)7;2-1-3/h8-14H,1-7H3;. The average molecular weight is 408 g/mol. The molecular formula is C24H28N2O4. The molecule has 0 atom stereocenters. The second kappa shape index (κ2) is 8.64. The highest BCUT2D eigenvalue weighted by Crippen LogP contribution is 2.34. The van der Waals surface area contributed by atoms with Gasteiger partial charge in [0.25, 0.3) is 0 Å².